The number of carbonyl (C=O) groups is 1. The summed E-state index contributed by atoms with van der Waals surface area (Å²) in [6.07, 6.45) is 7.67. The summed E-state index contributed by atoms with van der Waals surface area (Å²) in [5, 5.41) is 6.18. The van der Waals surface area contributed by atoms with Crippen molar-refractivity contribution in [1.29, 1.82) is 0 Å². The van der Waals surface area contributed by atoms with E-state index in [9.17, 15) is 9.59 Å². The van der Waals surface area contributed by atoms with Crippen LogP contribution in [-0.2, 0) is 4.79 Å². The van der Waals surface area contributed by atoms with Crippen LogP contribution in [0, 0.1) is 6.92 Å². The lowest BCUT2D eigenvalue weighted by molar-refractivity contribution is -0.111. The van der Waals surface area contributed by atoms with Crippen LogP contribution in [0.25, 0.3) is 38.9 Å². The van der Waals surface area contributed by atoms with Crippen LogP contribution in [0.4, 0.5) is 5.69 Å². The minimum atomic E-state index is -0.352. The zero-order valence-electron chi connectivity index (χ0n) is 18.2. The van der Waals surface area contributed by atoms with Crippen molar-refractivity contribution in [3.05, 3.63) is 106 Å². The van der Waals surface area contributed by atoms with Crippen molar-refractivity contribution in [3.63, 3.8) is 0 Å². The van der Waals surface area contributed by atoms with Gasteiger partial charge >= 0.3 is 0 Å². The number of amides is 1. The molecular weight excluding hydrogens is 446 g/mol. The third-order valence-electron chi connectivity index (χ3n) is 5.21. The SMILES string of the molecule is Cc1ccc2occ(/C=C/C(=O)Nc3cccc(-c4csc(-c5cccnc5)n4)c3)c(=O)c2c1. The summed E-state index contributed by atoms with van der Waals surface area (Å²) in [5.41, 5.74) is 4.91. The van der Waals surface area contributed by atoms with Gasteiger partial charge in [0.25, 0.3) is 0 Å². The Morgan fingerprint density at radius 1 is 1.09 bits per heavy atom. The number of thiazole rings is 1. The number of aromatic nitrogens is 2. The first-order chi connectivity index (χ1) is 16.6. The number of nitrogens with one attached hydrogen (secondary N) is 1. The smallest absolute Gasteiger partial charge is 0.248 e. The molecule has 7 heteroatoms. The first-order valence-corrected chi connectivity index (χ1v) is 11.4. The maximum absolute atomic E-state index is 12.7. The van der Waals surface area contributed by atoms with Gasteiger partial charge in [-0.2, -0.15) is 0 Å². The normalized spacial score (nSPS) is 11.2. The second kappa shape index (κ2) is 9.25. The van der Waals surface area contributed by atoms with Gasteiger partial charge in [-0.15, -0.1) is 11.3 Å². The number of nitrogens with zero attached hydrogens (tertiary/aromatic N) is 2. The first kappa shape index (κ1) is 21.5. The summed E-state index contributed by atoms with van der Waals surface area (Å²) in [6.45, 7) is 1.91. The molecule has 0 saturated carbocycles. The van der Waals surface area contributed by atoms with Gasteiger partial charge in [0.1, 0.15) is 16.9 Å². The molecule has 1 N–H and O–H groups in total. The molecule has 0 fully saturated rings. The van der Waals surface area contributed by atoms with Crippen molar-refractivity contribution in [2.75, 3.05) is 5.32 Å². The number of benzene rings is 2. The Morgan fingerprint density at radius 2 is 1.97 bits per heavy atom. The van der Waals surface area contributed by atoms with Crippen LogP contribution >= 0.6 is 11.3 Å². The molecule has 0 atom stereocenters. The highest BCUT2D eigenvalue weighted by molar-refractivity contribution is 7.13. The molecule has 34 heavy (non-hydrogen) atoms. The molecular formula is C27H19N3O3S. The van der Waals surface area contributed by atoms with Crippen LogP contribution in [0.1, 0.15) is 11.1 Å². The minimum Gasteiger partial charge on any atom is -0.463 e. The second-order valence-electron chi connectivity index (χ2n) is 7.70. The van der Waals surface area contributed by atoms with E-state index in [-0.39, 0.29) is 11.3 Å². The molecule has 3 heterocycles. The molecule has 5 aromatic rings. The largest absolute Gasteiger partial charge is 0.463 e. The Hall–Kier alpha value is -4.36. The average Bonchev–Trinajstić information content (AvgIpc) is 3.35. The summed E-state index contributed by atoms with van der Waals surface area (Å²) >= 11 is 1.54. The topological polar surface area (TPSA) is 85.1 Å². The highest BCUT2D eigenvalue weighted by Gasteiger charge is 2.09. The van der Waals surface area contributed by atoms with Crippen LogP contribution in [0.15, 0.2) is 93.9 Å². The first-order valence-electron chi connectivity index (χ1n) is 10.5. The molecule has 0 aliphatic heterocycles. The molecule has 0 radical (unpaired) electrons. The standard InChI is InChI=1S/C27H19N3O3S/c1-17-7-9-24-22(12-17)26(32)20(15-33-24)8-10-25(31)29-21-6-2-4-18(13-21)23-16-34-27(30-23)19-5-3-11-28-14-19/h2-16H,1H3,(H,29,31)/b10-8+. The van der Waals surface area contributed by atoms with Crippen molar-refractivity contribution in [2.45, 2.75) is 6.92 Å². The quantitative estimate of drug-likeness (QED) is 0.325. The van der Waals surface area contributed by atoms with E-state index in [1.165, 1.54) is 29.8 Å². The average molecular weight is 466 g/mol. The molecule has 2 aromatic carbocycles. The molecule has 3 aromatic heterocycles. The monoisotopic (exact) mass is 465 g/mol. The van der Waals surface area contributed by atoms with E-state index in [4.69, 9.17) is 9.40 Å². The van der Waals surface area contributed by atoms with Crippen LogP contribution in [0.2, 0.25) is 0 Å². The lowest BCUT2D eigenvalue weighted by atomic mass is 10.1. The Kier molecular flexibility index (Phi) is 5.84. The third-order valence-corrected chi connectivity index (χ3v) is 6.10. The molecule has 166 valence electrons. The van der Waals surface area contributed by atoms with Crippen LogP contribution < -0.4 is 10.7 Å². The number of pyridine rings is 1. The van der Waals surface area contributed by atoms with E-state index in [2.05, 4.69) is 10.3 Å². The van der Waals surface area contributed by atoms with Crippen molar-refractivity contribution in [2.24, 2.45) is 0 Å². The number of fused-ring (bicyclic) bond motifs is 1. The van der Waals surface area contributed by atoms with E-state index in [1.807, 2.05) is 48.7 Å². The minimum absolute atomic E-state index is 0.177. The number of carbonyl (C=O) groups excluding carboxylic acids is 1. The predicted octanol–water partition coefficient (Wildman–Crippen LogP) is 5.94. The van der Waals surface area contributed by atoms with Crippen molar-refractivity contribution >= 4 is 40.0 Å². The summed E-state index contributed by atoms with van der Waals surface area (Å²) in [5.74, 6) is -0.352. The summed E-state index contributed by atoms with van der Waals surface area (Å²) in [7, 11) is 0. The van der Waals surface area contributed by atoms with Crippen molar-refractivity contribution in [3.8, 4) is 21.8 Å². The van der Waals surface area contributed by atoms with E-state index < -0.39 is 0 Å². The molecule has 5 rings (SSSR count). The van der Waals surface area contributed by atoms with E-state index >= 15 is 0 Å². The van der Waals surface area contributed by atoms with Gasteiger partial charge in [0, 0.05) is 40.7 Å². The Bertz CT molecular complexity index is 1590. The van der Waals surface area contributed by atoms with Crippen LogP contribution in [0.5, 0.6) is 0 Å². The Balaban J connectivity index is 1.32. The van der Waals surface area contributed by atoms with Crippen molar-refractivity contribution in [1.82, 2.24) is 9.97 Å². The van der Waals surface area contributed by atoms with Gasteiger partial charge in [-0.25, -0.2) is 4.98 Å². The maximum Gasteiger partial charge on any atom is 0.248 e. The van der Waals surface area contributed by atoms with Gasteiger partial charge in [-0.3, -0.25) is 14.6 Å². The summed E-state index contributed by atoms with van der Waals surface area (Å²) in [6, 6.07) is 16.7. The molecule has 0 saturated heterocycles. The van der Waals surface area contributed by atoms with E-state index in [0.29, 0.717) is 22.2 Å². The van der Waals surface area contributed by atoms with Gasteiger partial charge < -0.3 is 9.73 Å². The molecule has 0 aliphatic carbocycles. The number of hydrogen-bond acceptors (Lipinski definition) is 6. The fourth-order valence-electron chi connectivity index (χ4n) is 3.51. The van der Waals surface area contributed by atoms with Crippen LogP contribution in [0.3, 0.4) is 0 Å². The molecule has 1 amide bonds. The zero-order chi connectivity index (χ0) is 23.5. The second-order valence-corrected chi connectivity index (χ2v) is 8.56. The highest BCUT2D eigenvalue weighted by atomic mass is 32.1. The van der Waals surface area contributed by atoms with Gasteiger partial charge in [0.2, 0.25) is 5.91 Å². The van der Waals surface area contributed by atoms with Gasteiger partial charge in [0.05, 0.1) is 16.6 Å². The van der Waals surface area contributed by atoms with Crippen molar-refractivity contribution < 1.29 is 9.21 Å². The maximum atomic E-state index is 12.7. The number of hydrogen-bond donors (Lipinski definition) is 1. The summed E-state index contributed by atoms with van der Waals surface area (Å²) < 4.78 is 5.53. The van der Waals surface area contributed by atoms with Gasteiger partial charge in [0.15, 0.2) is 5.43 Å². The predicted molar refractivity (Wildman–Crippen MR) is 136 cm³/mol. The lowest BCUT2D eigenvalue weighted by Gasteiger charge is -2.04. The molecule has 0 aliphatic rings. The van der Waals surface area contributed by atoms with Crippen LogP contribution in [-0.4, -0.2) is 15.9 Å². The summed E-state index contributed by atoms with van der Waals surface area (Å²) in [4.78, 5) is 34.0. The molecule has 0 unspecified atom stereocenters. The van der Waals surface area contributed by atoms with Gasteiger partial charge in [-0.05, 0) is 49.4 Å². The zero-order valence-corrected chi connectivity index (χ0v) is 19.0. The fourth-order valence-corrected chi connectivity index (χ4v) is 4.33. The van der Waals surface area contributed by atoms with Gasteiger partial charge in [-0.1, -0.05) is 23.8 Å². The Labute approximate surface area is 199 Å². The van der Waals surface area contributed by atoms with E-state index in [0.717, 1.165) is 27.4 Å². The molecule has 0 bridgehead atoms. The molecule has 6 nitrogen and oxygen atoms in total. The molecule has 0 spiro atoms. The number of aryl methyl sites for hydroxylation is 1. The lowest BCUT2D eigenvalue weighted by Crippen LogP contribution is -2.09. The number of rotatable bonds is 5. The fraction of sp³-hybridized carbons (Fsp3) is 0.0370. The Morgan fingerprint density at radius 3 is 2.82 bits per heavy atom. The highest BCUT2D eigenvalue weighted by Crippen LogP contribution is 2.29. The third kappa shape index (κ3) is 4.55. The number of anilines is 1. The van der Waals surface area contributed by atoms with E-state index in [1.54, 1.807) is 30.6 Å².